The Kier molecular flexibility index (Phi) is 5.61. The standard InChI is InChI=1S/C18H24N4O2/c1-15(22-8-10-24-11-9-22)18(23)20-12-16-4-2-3-5-17(16)13-21-7-6-19-14-21/h2-7,14-15H,8-13H2,1H3,(H,20,23). The molecule has 1 aliphatic rings. The van der Waals surface area contributed by atoms with Crippen molar-refractivity contribution in [2.75, 3.05) is 26.3 Å². The summed E-state index contributed by atoms with van der Waals surface area (Å²) in [5, 5.41) is 3.07. The van der Waals surface area contributed by atoms with Crippen LogP contribution in [0.15, 0.2) is 43.0 Å². The van der Waals surface area contributed by atoms with Crippen molar-refractivity contribution in [1.82, 2.24) is 19.8 Å². The van der Waals surface area contributed by atoms with E-state index in [1.54, 1.807) is 12.5 Å². The summed E-state index contributed by atoms with van der Waals surface area (Å²) in [7, 11) is 0. The third-order valence-corrected chi connectivity index (χ3v) is 4.46. The molecule has 1 fully saturated rings. The summed E-state index contributed by atoms with van der Waals surface area (Å²) in [5.74, 6) is 0.0642. The number of hydrogen-bond acceptors (Lipinski definition) is 4. The van der Waals surface area contributed by atoms with Crippen LogP contribution in [-0.4, -0.2) is 52.7 Å². The van der Waals surface area contributed by atoms with Gasteiger partial charge in [-0.2, -0.15) is 0 Å². The molecule has 0 bridgehead atoms. The molecule has 24 heavy (non-hydrogen) atoms. The van der Waals surface area contributed by atoms with E-state index in [1.807, 2.05) is 29.8 Å². The van der Waals surface area contributed by atoms with Crippen molar-refractivity contribution in [3.8, 4) is 0 Å². The van der Waals surface area contributed by atoms with Crippen LogP contribution in [0.2, 0.25) is 0 Å². The number of carbonyl (C=O) groups is 1. The van der Waals surface area contributed by atoms with Crippen molar-refractivity contribution >= 4 is 5.91 Å². The predicted molar refractivity (Wildman–Crippen MR) is 91.5 cm³/mol. The second-order valence-corrected chi connectivity index (χ2v) is 6.05. The molecule has 1 saturated heterocycles. The van der Waals surface area contributed by atoms with Crippen LogP contribution < -0.4 is 5.32 Å². The fourth-order valence-electron chi connectivity index (χ4n) is 2.92. The summed E-state index contributed by atoms with van der Waals surface area (Å²) < 4.78 is 7.37. The first-order valence-electron chi connectivity index (χ1n) is 8.36. The van der Waals surface area contributed by atoms with E-state index < -0.39 is 0 Å². The zero-order valence-electron chi connectivity index (χ0n) is 14.0. The number of hydrogen-bond donors (Lipinski definition) is 1. The monoisotopic (exact) mass is 328 g/mol. The average Bonchev–Trinajstić information content (AvgIpc) is 3.14. The van der Waals surface area contributed by atoms with Crippen LogP contribution in [0.5, 0.6) is 0 Å². The lowest BCUT2D eigenvalue weighted by Crippen LogP contribution is -2.49. The van der Waals surface area contributed by atoms with Crippen molar-refractivity contribution in [2.45, 2.75) is 26.1 Å². The molecular weight excluding hydrogens is 304 g/mol. The maximum absolute atomic E-state index is 12.4. The number of morpholine rings is 1. The lowest BCUT2D eigenvalue weighted by molar-refractivity contribution is -0.127. The van der Waals surface area contributed by atoms with Gasteiger partial charge in [0.2, 0.25) is 5.91 Å². The molecule has 3 rings (SSSR count). The highest BCUT2D eigenvalue weighted by atomic mass is 16.5. The molecule has 6 nitrogen and oxygen atoms in total. The fraction of sp³-hybridized carbons (Fsp3) is 0.444. The van der Waals surface area contributed by atoms with Gasteiger partial charge >= 0.3 is 0 Å². The molecule has 1 amide bonds. The molecule has 2 heterocycles. The number of imidazole rings is 1. The summed E-state index contributed by atoms with van der Waals surface area (Å²) in [6.07, 6.45) is 5.51. The van der Waals surface area contributed by atoms with Gasteiger partial charge in [-0.3, -0.25) is 9.69 Å². The van der Waals surface area contributed by atoms with Crippen molar-refractivity contribution in [3.63, 3.8) is 0 Å². The summed E-state index contributed by atoms with van der Waals surface area (Å²) in [6, 6.07) is 8.05. The number of benzene rings is 1. The molecule has 0 spiro atoms. The number of nitrogens with zero attached hydrogens (tertiary/aromatic N) is 3. The zero-order chi connectivity index (χ0) is 16.8. The van der Waals surface area contributed by atoms with Gasteiger partial charge in [0.25, 0.3) is 0 Å². The first kappa shape index (κ1) is 16.7. The minimum absolute atomic E-state index is 0.0642. The molecule has 1 aromatic heterocycles. The largest absolute Gasteiger partial charge is 0.379 e. The first-order valence-corrected chi connectivity index (χ1v) is 8.36. The van der Waals surface area contributed by atoms with Gasteiger partial charge < -0.3 is 14.6 Å². The Labute approximate surface area is 142 Å². The van der Waals surface area contributed by atoms with Crippen LogP contribution in [-0.2, 0) is 22.6 Å². The Morgan fingerprint density at radius 1 is 1.29 bits per heavy atom. The van der Waals surface area contributed by atoms with Gasteiger partial charge in [-0.25, -0.2) is 4.98 Å². The molecule has 128 valence electrons. The third-order valence-electron chi connectivity index (χ3n) is 4.46. The molecule has 1 aromatic carbocycles. The molecule has 0 saturated carbocycles. The quantitative estimate of drug-likeness (QED) is 0.867. The van der Waals surface area contributed by atoms with E-state index in [0.29, 0.717) is 19.8 Å². The summed E-state index contributed by atoms with van der Waals surface area (Å²) in [6.45, 7) is 6.27. The Morgan fingerprint density at radius 2 is 2.04 bits per heavy atom. The average molecular weight is 328 g/mol. The smallest absolute Gasteiger partial charge is 0.237 e. The van der Waals surface area contributed by atoms with Crippen LogP contribution >= 0.6 is 0 Å². The van der Waals surface area contributed by atoms with Crippen molar-refractivity contribution in [2.24, 2.45) is 0 Å². The molecule has 1 atom stereocenters. The number of nitrogens with one attached hydrogen (secondary N) is 1. The highest BCUT2D eigenvalue weighted by Crippen LogP contribution is 2.11. The van der Waals surface area contributed by atoms with Crippen LogP contribution in [0.3, 0.4) is 0 Å². The van der Waals surface area contributed by atoms with Gasteiger partial charge in [-0.15, -0.1) is 0 Å². The lowest BCUT2D eigenvalue weighted by Gasteiger charge is -2.31. The van der Waals surface area contributed by atoms with Gasteiger partial charge in [-0.05, 0) is 18.1 Å². The normalized spacial score (nSPS) is 16.7. The maximum atomic E-state index is 12.4. The number of ether oxygens (including phenoxy) is 1. The Morgan fingerprint density at radius 3 is 2.75 bits per heavy atom. The third kappa shape index (κ3) is 4.21. The minimum atomic E-state index is -0.130. The van der Waals surface area contributed by atoms with E-state index in [1.165, 1.54) is 5.56 Å². The Balaban J connectivity index is 1.58. The molecule has 1 N–H and O–H groups in total. The number of rotatable bonds is 6. The lowest BCUT2D eigenvalue weighted by atomic mass is 10.1. The summed E-state index contributed by atoms with van der Waals surface area (Å²) >= 11 is 0. The van der Waals surface area contributed by atoms with Crippen LogP contribution in [0.4, 0.5) is 0 Å². The Bertz CT molecular complexity index is 651. The molecular formula is C18H24N4O2. The van der Waals surface area contributed by atoms with E-state index >= 15 is 0 Å². The second-order valence-electron chi connectivity index (χ2n) is 6.05. The van der Waals surface area contributed by atoms with Crippen LogP contribution in [0.25, 0.3) is 0 Å². The first-order chi connectivity index (χ1) is 11.7. The molecule has 0 radical (unpaired) electrons. The summed E-state index contributed by atoms with van der Waals surface area (Å²) in [4.78, 5) is 18.7. The highest BCUT2D eigenvalue weighted by molar-refractivity contribution is 5.81. The van der Waals surface area contributed by atoms with Crippen molar-refractivity contribution in [3.05, 3.63) is 54.1 Å². The zero-order valence-corrected chi connectivity index (χ0v) is 14.0. The SMILES string of the molecule is CC(C(=O)NCc1ccccc1Cn1ccnc1)N1CCOCC1. The van der Waals surface area contributed by atoms with Gasteiger partial charge in [-0.1, -0.05) is 24.3 Å². The van der Waals surface area contributed by atoms with E-state index in [-0.39, 0.29) is 11.9 Å². The molecule has 6 heteroatoms. The van der Waals surface area contributed by atoms with Crippen LogP contribution in [0, 0.1) is 0 Å². The van der Waals surface area contributed by atoms with E-state index in [0.717, 1.165) is 25.2 Å². The van der Waals surface area contributed by atoms with Crippen molar-refractivity contribution in [1.29, 1.82) is 0 Å². The number of aromatic nitrogens is 2. The minimum Gasteiger partial charge on any atom is -0.379 e. The summed E-state index contributed by atoms with van der Waals surface area (Å²) in [5.41, 5.74) is 2.32. The number of carbonyl (C=O) groups excluding carboxylic acids is 1. The van der Waals surface area contributed by atoms with Gasteiger partial charge in [0.05, 0.1) is 25.6 Å². The van der Waals surface area contributed by atoms with Gasteiger partial charge in [0, 0.05) is 38.6 Å². The van der Waals surface area contributed by atoms with Gasteiger partial charge in [0.1, 0.15) is 0 Å². The molecule has 2 aromatic rings. The topological polar surface area (TPSA) is 59.4 Å². The van der Waals surface area contributed by atoms with E-state index in [9.17, 15) is 4.79 Å². The highest BCUT2D eigenvalue weighted by Gasteiger charge is 2.22. The van der Waals surface area contributed by atoms with E-state index in [2.05, 4.69) is 27.3 Å². The molecule has 1 unspecified atom stereocenters. The van der Waals surface area contributed by atoms with E-state index in [4.69, 9.17) is 4.74 Å². The second kappa shape index (κ2) is 8.08. The maximum Gasteiger partial charge on any atom is 0.237 e. The predicted octanol–water partition coefficient (Wildman–Crippen LogP) is 1.27. The molecule has 0 aliphatic carbocycles. The van der Waals surface area contributed by atoms with Crippen molar-refractivity contribution < 1.29 is 9.53 Å². The van der Waals surface area contributed by atoms with Gasteiger partial charge in [0.15, 0.2) is 0 Å². The molecule has 1 aliphatic heterocycles. The number of amides is 1. The van der Waals surface area contributed by atoms with Crippen LogP contribution in [0.1, 0.15) is 18.1 Å². The Hall–Kier alpha value is -2.18. The fourth-order valence-corrected chi connectivity index (χ4v) is 2.92.